The van der Waals surface area contributed by atoms with Gasteiger partial charge in [0.25, 0.3) is 0 Å². The van der Waals surface area contributed by atoms with E-state index in [4.69, 9.17) is 0 Å². The molecule has 2 saturated carbocycles. The van der Waals surface area contributed by atoms with Gasteiger partial charge in [-0.25, -0.2) is 0 Å². The highest BCUT2D eigenvalue weighted by Gasteiger charge is 2.54. The average molecular weight is 395 g/mol. The third kappa shape index (κ3) is 3.16. The Kier molecular flexibility index (Phi) is 5.46. The Morgan fingerprint density at radius 2 is 1.82 bits per heavy atom. The first-order valence-electron chi connectivity index (χ1n) is 11.8. The van der Waals surface area contributed by atoms with Crippen LogP contribution in [0.3, 0.4) is 0 Å². The van der Waals surface area contributed by atoms with Gasteiger partial charge in [-0.3, -0.25) is 4.79 Å². The van der Waals surface area contributed by atoms with Gasteiger partial charge in [-0.1, -0.05) is 75.8 Å². The molecule has 0 aliphatic heterocycles. The van der Waals surface area contributed by atoms with Gasteiger partial charge in [0.1, 0.15) is 5.78 Å². The van der Waals surface area contributed by atoms with Gasteiger partial charge < -0.3 is 0 Å². The lowest BCUT2D eigenvalue weighted by Gasteiger charge is -2.48. The fraction of sp³-hybridized carbons (Fsp3) is 0.654. The number of rotatable bonds is 5. The number of ketones is 1. The second-order valence-corrected chi connectivity index (χ2v) is 15.2. The van der Waals surface area contributed by atoms with Crippen molar-refractivity contribution in [2.45, 2.75) is 90.3 Å². The molecule has 0 saturated heterocycles. The van der Waals surface area contributed by atoms with E-state index in [1.54, 1.807) is 11.1 Å². The van der Waals surface area contributed by atoms with Crippen LogP contribution in [0.15, 0.2) is 23.9 Å². The lowest BCUT2D eigenvalue weighted by Crippen LogP contribution is -2.42. The van der Waals surface area contributed by atoms with Gasteiger partial charge in [-0.2, -0.15) is 0 Å². The summed E-state index contributed by atoms with van der Waals surface area (Å²) in [6.45, 7) is 9.40. The summed E-state index contributed by atoms with van der Waals surface area (Å²) in [6.07, 6.45) is 9.22. The lowest BCUT2D eigenvalue weighted by atomic mass is 9.55. The van der Waals surface area contributed by atoms with Crippen LogP contribution in [0.1, 0.15) is 82.4 Å². The molecule has 1 nitrogen and oxygen atoms in total. The SMILES string of the molecule is CC[Si](/C=C/c1ccc2c(c1)CC[C@@H]1[C@@H]2CC[C@]2(C)C(=O)CC[C@@H]12)(CC)CC. The van der Waals surface area contributed by atoms with Crippen molar-refractivity contribution >= 4 is 19.9 Å². The van der Waals surface area contributed by atoms with Crippen LogP contribution in [0.4, 0.5) is 0 Å². The fourth-order valence-electron chi connectivity index (χ4n) is 6.85. The third-order valence-corrected chi connectivity index (χ3v) is 14.3. The normalized spacial score (nSPS) is 32.3. The molecule has 0 heterocycles. The van der Waals surface area contributed by atoms with Crippen LogP contribution >= 0.6 is 0 Å². The molecule has 0 spiro atoms. The fourth-order valence-corrected chi connectivity index (χ4v) is 9.61. The molecule has 0 bridgehead atoms. The quantitative estimate of drug-likeness (QED) is 0.484. The molecule has 4 atom stereocenters. The minimum absolute atomic E-state index is 0.00420. The number of Topliss-reactive ketones (excluding diaryl/α,β-unsaturated/α-hetero) is 1. The maximum absolute atomic E-state index is 12.5. The van der Waals surface area contributed by atoms with Crippen molar-refractivity contribution in [2.24, 2.45) is 17.3 Å². The average Bonchev–Trinajstić information content (AvgIpc) is 3.04. The van der Waals surface area contributed by atoms with Gasteiger partial charge >= 0.3 is 0 Å². The molecular formula is C26H38OSi. The highest BCUT2D eigenvalue weighted by Crippen LogP contribution is 2.59. The monoisotopic (exact) mass is 394 g/mol. The Labute approximate surface area is 173 Å². The Morgan fingerprint density at radius 1 is 1.07 bits per heavy atom. The second kappa shape index (κ2) is 7.59. The molecule has 2 heteroatoms. The zero-order valence-corrected chi connectivity index (χ0v) is 19.4. The van der Waals surface area contributed by atoms with Crippen LogP contribution in [0, 0.1) is 17.3 Å². The molecule has 28 heavy (non-hydrogen) atoms. The van der Waals surface area contributed by atoms with E-state index in [-0.39, 0.29) is 5.41 Å². The molecule has 1 aromatic carbocycles. The van der Waals surface area contributed by atoms with E-state index >= 15 is 0 Å². The minimum Gasteiger partial charge on any atom is -0.299 e. The van der Waals surface area contributed by atoms with Crippen molar-refractivity contribution in [3.8, 4) is 0 Å². The lowest BCUT2D eigenvalue weighted by molar-refractivity contribution is -0.129. The molecule has 0 aromatic heterocycles. The van der Waals surface area contributed by atoms with Crippen molar-refractivity contribution in [1.29, 1.82) is 0 Å². The smallest absolute Gasteiger partial charge is 0.139 e. The van der Waals surface area contributed by atoms with E-state index in [0.717, 1.165) is 25.2 Å². The van der Waals surface area contributed by atoms with E-state index in [9.17, 15) is 4.79 Å². The summed E-state index contributed by atoms with van der Waals surface area (Å²) in [5, 5.41) is 0. The van der Waals surface area contributed by atoms with Crippen LogP contribution in [0.5, 0.6) is 0 Å². The Bertz CT molecular complexity index is 766. The van der Waals surface area contributed by atoms with Crippen LogP contribution in [0.25, 0.3) is 6.08 Å². The maximum Gasteiger partial charge on any atom is 0.139 e. The molecule has 0 unspecified atom stereocenters. The molecule has 3 aliphatic rings. The molecular weight excluding hydrogens is 356 g/mol. The van der Waals surface area contributed by atoms with Crippen molar-refractivity contribution in [1.82, 2.24) is 0 Å². The van der Waals surface area contributed by atoms with Gasteiger partial charge in [-0.15, -0.1) is 0 Å². The van der Waals surface area contributed by atoms with Crippen LogP contribution in [-0.4, -0.2) is 13.9 Å². The number of carbonyl (C=O) groups is 1. The summed E-state index contributed by atoms with van der Waals surface area (Å²) >= 11 is 0. The van der Waals surface area contributed by atoms with Gasteiger partial charge in [0.2, 0.25) is 0 Å². The summed E-state index contributed by atoms with van der Waals surface area (Å²) in [7, 11) is -1.21. The summed E-state index contributed by atoms with van der Waals surface area (Å²) in [5.41, 5.74) is 7.21. The summed E-state index contributed by atoms with van der Waals surface area (Å²) in [6, 6.07) is 11.3. The second-order valence-electron chi connectivity index (χ2n) is 10.0. The highest BCUT2D eigenvalue weighted by molar-refractivity contribution is 6.84. The molecule has 1 aromatic rings. The van der Waals surface area contributed by atoms with Crippen LogP contribution in [-0.2, 0) is 11.2 Å². The molecule has 0 N–H and O–H groups in total. The zero-order valence-electron chi connectivity index (χ0n) is 18.4. The maximum atomic E-state index is 12.5. The number of fused-ring (bicyclic) bond motifs is 5. The van der Waals surface area contributed by atoms with E-state index in [1.807, 2.05) is 0 Å². The van der Waals surface area contributed by atoms with Crippen LogP contribution < -0.4 is 0 Å². The topological polar surface area (TPSA) is 17.1 Å². The number of hydrogen-bond acceptors (Lipinski definition) is 1. The van der Waals surface area contributed by atoms with Gasteiger partial charge in [0.15, 0.2) is 0 Å². The van der Waals surface area contributed by atoms with E-state index in [2.05, 4.69) is 57.7 Å². The predicted octanol–water partition coefficient (Wildman–Crippen LogP) is 7.17. The first-order chi connectivity index (χ1) is 13.5. The zero-order chi connectivity index (χ0) is 19.9. The Balaban J connectivity index is 1.57. The highest BCUT2D eigenvalue weighted by atomic mass is 28.3. The number of benzene rings is 1. The van der Waals surface area contributed by atoms with Crippen molar-refractivity contribution < 1.29 is 4.79 Å². The van der Waals surface area contributed by atoms with E-state index in [0.29, 0.717) is 17.6 Å². The molecule has 152 valence electrons. The number of hydrogen-bond donors (Lipinski definition) is 0. The van der Waals surface area contributed by atoms with E-state index < -0.39 is 8.07 Å². The molecule has 3 aliphatic carbocycles. The summed E-state index contributed by atoms with van der Waals surface area (Å²) < 4.78 is 0. The minimum atomic E-state index is -1.21. The number of carbonyl (C=O) groups excluding carboxylic acids is 1. The van der Waals surface area contributed by atoms with Crippen molar-refractivity contribution in [3.63, 3.8) is 0 Å². The number of aryl methyl sites for hydroxylation is 1. The summed E-state index contributed by atoms with van der Waals surface area (Å²) in [4.78, 5) is 12.5. The van der Waals surface area contributed by atoms with E-state index in [1.165, 1.54) is 43.0 Å². The molecule has 2 fully saturated rings. The largest absolute Gasteiger partial charge is 0.299 e. The predicted molar refractivity (Wildman–Crippen MR) is 122 cm³/mol. The third-order valence-electron chi connectivity index (χ3n) is 9.20. The molecule has 0 radical (unpaired) electrons. The standard InChI is InChI=1S/C26H38OSi/c1-5-28(6-2,7-3)17-15-19-8-10-21-20(18-19)9-11-23-22(21)14-16-26(4)24(23)12-13-25(26)27/h8,10,15,17-18,22-24H,5-7,9,11-14,16H2,1-4H3/b17-15+/t22-,23-,24+,26+/m1/s1. The molecule has 0 amide bonds. The van der Waals surface area contributed by atoms with Crippen molar-refractivity contribution in [3.05, 3.63) is 40.6 Å². The van der Waals surface area contributed by atoms with Gasteiger partial charge in [-0.05, 0) is 66.5 Å². The van der Waals surface area contributed by atoms with Crippen molar-refractivity contribution in [2.75, 3.05) is 0 Å². The summed E-state index contributed by atoms with van der Waals surface area (Å²) in [5.74, 6) is 2.62. The Hall–Kier alpha value is -1.15. The molecule has 4 rings (SSSR count). The Morgan fingerprint density at radius 3 is 2.54 bits per heavy atom. The first kappa shape index (κ1) is 20.1. The van der Waals surface area contributed by atoms with Crippen LogP contribution in [0.2, 0.25) is 18.1 Å². The van der Waals surface area contributed by atoms with Gasteiger partial charge in [0, 0.05) is 11.8 Å². The first-order valence-corrected chi connectivity index (χ1v) is 14.5. The van der Waals surface area contributed by atoms with Gasteiger partial charge in [0.05, 0.1) is 8.07 Å².